The molecule has 0 heterocycles. The molecule has 0 aliphatic heterocycles. The predicted octanol–water partition coefficient (Wildman–Crippen LogP) is -7.60. The normalized spacial score (nSPS) is 5.45. The van der Waals surface area contributed by atoms with Crippen LogP contribution in [-0.4, -0.2) is 5.11 Å². The van der Waals surface area contributed by atoms with E-state index in [2.05, 4.69) is 0 Å². The van der Waals surface area contributed by atoms with Crippen molar-refractivity contribution in [3.8, 4) is 5.75 Å². The van der Waals surface area contributed by atoms with Crippen molar-refractivity contribution in [2.45, 2.75) is 0 Å². The minimum atomic E-state index is 0. The van der Waals surface area contributed by atoms with Crippen LogP contribution in [0.4, 0.5) is 0 Å². The second-order valence-corrected chi connectivity index (χ2v) is 1.34. The summed E-state index contributed by atoms with van der Waals surface area (Å²) in [5.74, 6) is 0.322. The molecule has 1 nitrogen and oxygen atoms in total. The zero-order valence-corrected chi connectivity index (χ0v) is 9.08. The Kier molecular flexibility index (Phi) is 26.8. The first-order valence-corrected chi connectivity index (χ1v) is 2.13. The summed E-state index contributed by atoms with van der Waals surface area (Å²) in [6, 6.07) is 8.71. The molecule has 1 aromatic carbocycles. The van der Waals surface area contributed by atoms with E-state index in [9.17, 15) is 0 Å². The number of benzene rings is 1. The molecule has 0 unspecified atom stereocenters. The van der Waals surface area contributed by atoms with E-state index in [0.29, 0.717) is 5.75 Å². The van der Waals surface area contributed by atoms with Gasteiger partial charge in [0.1, 0.15) is 5.75 Å². The van der Waals surface area contributed by atoms with Gasteiger partial charge in [-0.05, 0) is 12.1 Å². The Morgan fingerprint density at radius 3 is 1.36 bits per heavy atom. The fourth-order valence-corrected chi connectivity index (χ4v) is 0.428. The quantitative estimate of drug-likeness (QED) is 0.486. The van der Waals surface area contributed by atoms with Crippen LogP contribution in [0.3, 0.4) is 0 Å². The molecule has 11 heavy (non-hydrogen) atoms. The van der Waals surface area contributed by atoms with Crippen molar-refractivity contribution in [1.82, 2.24) is 0 Å². The van der Waals surface area contributed by atoms with Crippen LogP contribution in [0, 0.1) is 0 Å². The minimum Gasteiger partial charge on any atom is -1.00 e. The number of phenols is 1. The topological polar surface area (TPSA) is 20.2 Å². The summed E-state index contributed by atoms with van der Waals surface area (Å²) < 4.78 is 0. The summed E-state index contributed by atoms with van der Waals surface area (Å²) in [6.45, 7) is 0. The van der Waals surface area contributed by atoms with Gasteiger partial charge in [-0.25, -0.2) is 0 Å². The SMILES string of the molecule is Oc1ccccc1.[Cl-].[Cl-].[Cl-].[V]. The summed E-state index contributed by atoms with van der Waals surface area (Å²) in [7, 11) is 0. The zero-order chi connectivity index (χ0) is 5.11. The molecule has 0 amide bonds. The Balaban J connectivity index is -0.0000000612. The van der Waals surface area contributed by atoms with Crippen LogP contribution in [0.25, 0.3) is 0 Å². The molecule has 0 aliphatic carbocycles. The van der Waals surface area contributed by atoms with E-state index >= 15 is 0 Å². The van der Waals surface area contributed by atoms with Gasteiger partial charge in [-0.15, -0.1) is 0 Å². The number of aromatic hydroxyl groups is 1. The average molecular weight is 251 g/mol. The van der Waals surface area contributed by atoms with Gasteiger partial charge in [-0.1, -0.05) is 18.2 Å². The Morgan fingerprint density at radius 1 is 0.818 bits per heavy atom. The summed E-state index contributed by atoms with van der Waals surface area (Å²) in [6.07, 6.45) is 0. The van der Waals surface area contributed by atoms with E-state index in [1.807, 2.05) is 6.07 Å². The molecule has 0 saturated carbocycles. The van der Waals surface area contributed by atoms with Crippen molar-refractivity contribution >= 4 is 0 Å². The van der Waals surface area contributed by atoms with Crippen LogP contribution in [0.1, 0.15) is 0 Å². The van der Waals surface area contributed by atoms with Gasteiger partial charge in [-0.3, -0.25) is 0 Å². The van der Waals surface area contributed by atoms with Crippen molar-refractivity contribution in [3.63, 3.8) is 0 Å². The molecule has 0 fully saturated rings. The molecule has 1 rings (SSSR count). The maximum Gasteiger partial charge on any atom is 0.115 e. The predicted molar refractivity (Wildman–Crippen MR) is 28.1 cm³/mol. The van der Waals surface area contributed by atoms with E-state index in [0.717, 1.165) is 0 Å². The molecule has 0 spiro atoms. The van der Waals surface area contributed by atoms with Crippen LogP contribution in [0.2, 0.25) is 0 Å². The molecule has 1 radical (unpaired) electrons. The van der Waals surface area contributed by atoms with Gasteiger partial charge in [0.15, 0.2) is 0 Å². The van der Waals surface area contributed by atoms with Gasteiger partial charge in [0.05, 0.1) is 0 Å². The molecule has 65 valence electrons. The number of hydrogen-bond donors (Lipinski definition) is 1. The summed E-state index contributed by atoms with van der Waals surface area (Å²) in [5.41, 5.74) is 0. The second kappa shape index (κ2) is 13.1. The number of para-hydroxylation sites is 1. The third kappa shape index (κ3) is 10.5. The van der Waals surface area contributed by atoms with Gasteiger partial charge in [-0.2, -0.15) is 0 Å². The third-order valence-corrected chi connectivity index (χ3v) is 0.756. The molecule has 0 aliphatic rings. The van der Waals surface area contributed by atoms with Crippen molar-refractivity contribution < 1.29 is 60.9 Å². The molecule has 0 bridgehead atoms. The summed E-state index contributed by atoms with van der Waals surface area (Å²) in [4.78, 5) is 0. The molecule has 0 aromatic heterocycles. The first-order chi connectivity index (χ1) is 3.39. The van der Waals surface area contributed by atoms with Crippen LogP contribution < -0.4 is 37.2 Å². The molecule has 5 heteroatoms. The first kappa shape index (κ1) is 22.5. The fraction of sp³-hybridized carbons (Fsp3) is 0. The van der Waals surface area contributed by atoms with Crippen LogP contribution >= 0.6 is 0 Å². The maximum absolute atomic E-state index is 8.63. The number of halogens is 3. The standard InChI is InChI=1S/C6H6O.3ClH.V/c7-6-4-2-1-3-5-6;;;;/h1-5,7H;3*1H;/p-3. The molecular formula is C6H6Cl3OV-3. The van der Waals surface area contributed by atoms with Gasteiger partial charge in [0.25, 0.3) is 0 Å². The number of rotatable bonds is 0. The molecule has 0 saturated heterocycles. The van der Waals surface area contributed by atoms with Gasteiger partial charge < -0.3 is 42.3 Å². The second-order valence-electron chi connectivity index (χ2n) is 1.34. The molecule has 1 N–H and O–H groups in total. The zero-order valence-electron chi connectivity index (χ0n) is 5.42. The summed E-state index contributed by atoms with van der Waals surface area (Å²) >= 11 is 0. The van der Waals surface area contributed by atoms with E-state index in [1.54, 1.807) is 24.3 Å². The Morgan fingerprint density at radius 2 is 1.18 bits per heavy atom. The number of hydrogen-bond acceptors (Lipinski definition) is 1. The Bertz CT molecular complexity index is 148. The van der Waals surface area contributed by atoms with E-state index in [1.165, 1.54) is 0 Å². The van der Waals surface area contributed by atoms with Crippen molar-refractivity contribution in [3.05, 3.63) is 30.3 Å². The molecule has 0 atom stereocenters. The van der Waals surface area contributed by atoms with Crippen LogP contribution in [0.15, 0.2) is 30.3 Å². The van der Waals surface area contributed by atoms with Crippen molar-refractivity contribution in [1.29, 1.82) is 0 Å². The Labute approximate surface area is 96.7 Å². The monoisotopic (exact) mass is 250 g/mol. The summed E-state index contributed by atoms with van der Waals surface area (Å²) in [5, 5.41) is 8.63. The smallest absolute Gasteiger partial charge is 0.115 e. The van der Waals surface area contributed by atoms with Gasteiger partial charge in [0.2, 0.25) is 0 Å². The van der Waals surface area contributed by atoms with Gasteiger partial charge in [0, 0.05) is 18.6 Å². The maximum atomic E-state index is 8.63. The van der Waals surface area contributed by atoms with Gasteiger partial charge >= 0.3 is 0 Å². The number of phenolic OH excluding ortho intramolecular Hbond substituents is 1. The van der Waals surface area contributed by atoms with E-state index in [-0.39, 0.29) is 55.8 Å². The van der Waals surface area contributed by atoms with Crippen LogP contribution in [-0.2, 0) is 18.6 Å². The van der Waals surface area contributed by atoms with Crippen LogP contribution in [0.5, 0.6) is 5.75 Å². The third-order valence-electron chi connectivity index (χ3n) is 0.756. The van der Waals surface area contributed by atoms with E-state index < -0.39 is 0 Å². The van der Waals surface area contributed by atoms with Crippen molar-refractivity contribution in [2.75, 3.05) is 0 Å². The van der Waals surface area contributed by atoms with E-state index in [4.69, 9.17) is 5.11 Å². The fourth-order valence-electron chi connectivity index (χ4n) is 0.428. The largest absolute Gasteiger partial charge is 1.00 e. The average Bonchev–Trinajstić information content (AvgIpc) is 1.69. The molecule has 1 aromatic rings. The first-order valence-electron chi connectivity index (χ1n) is 2.13. The minimum absolute atomic E-state index is 0. The molecular weight excluding hydrogens is 245 g/mol. The Hall–Kier alpha value is 0.474. The van der Waals surface area contributed by atoms with Crippen molar-refractivity contribution in [2.24, 2.45) is 0 Å².